The average molecular weight is 300 g/mol. The Hall–Kier alpha value is -1.47. The van der Waals surface area contributed by atoms with Crippen LogP contribution >= 0.6 is 0 Å². The third-order valence-electron chi connectivity index (χ3n) is 3.22. The summed E-state index contributed by atoms with van der Waals surface area (Å²) in [5, 5.41) is 0. The first kappa shape index (κ1) is 14.9. The summed E-state index contributed by atoms with van der Waals surface area (Å²) < 4.78 is 39.0. The van der Waals surface area contributed by atoms with Crippen LogP contribution in [-0.2, 0) is 14.8 Å². The molecule has 2 rings (SSSR count). The van der Waals surface area contributed by atoms with Gasteiger partial charge in [-0.25, -0.2) is 17.5 Å². The third-order valence-corrected chi connectivity index (χ3v) is 4.70. The molecular weight excluding hydrogens is 283 g/mol. The van der Waals surface area contributed by atoms with E-state index in [-0.39, 0.29) is 17.3 Å². The summed E-state index contributed by atoms with van der Waals surface area (Å²) in [6.45, 7) is 1.20. The number of nitrogens with one attached hydrogen (secondary N) is 1. The SMILES string of the molecule is O=C1CCCCN1CCNS(=O)(=O)c1ccc(F)cc1. The maximum atomic E-state index is 12.8. The number of hydrogen-bond donors (Lipinski definition) is 1. The molecule has 1 amide bonds. The maximum absolute atomic E-state index is 12.8. The van der Waals surface area contributed by atoms with Gasteiger partial charge < -0.3 is 4.90 Å². The molecule has 0 atom stereocenters. The molecule has 1 saturated heterocycles. The number of amides is 1. The third kappa shape index (κ3) is 3.77. The summed E-state index contributed by atoms with van der Waals surface area (Å²) in [5.74, 6) is -0.417. The number of nitrogens with zero attached hydrogens (tertiary/aromatic N) is 1. The van der Waals surface area contributed by atoms with Gasteiger partial charge in [-0.3, -0.25) is 4.79 Å². The minimum Gasteiger partial charge on any atom is -0.341 e. The molecule has 1 aromatic rings. The number of carbonyl (C=O) groups is 1. The van der Waals surface area contributed by atoms with Gasteiger partial charge in [-0.2, -0.15) is 0 Å². The Kier molecular flexibility index (Phi) is 4.72. The molecule has 1 N–H and O–H groups in total. The first-order valence-corrected chi connectivity index (χ1v) is 8.00. The second-order valence-corrected chi connectivity index (χ2v) is 6.46. The van der Waals surface area contributed by atoms with E-state index in [0.717, 1.165) is 25.0 Å². The molecule has 0 spiro atoms. The molecule has 1 aliphatic rings. The van der Waals surface area contributed by atoms with E-state index in [2.05, 4.69) is 4.72 Å². The highest BCUT2D eigenvalue weighted by Crippen LogP contribution is 2.11. The quantitative estimate of drug-likeness (QED) is 0.886. The van der Waals surface area contributed by atoms with Crippen molar-refractivity contribution in [1.29, 1.82) is 0 Å². The monoisotopic (exact) mass is 300 g/mol. The molecular formula is C13H17FN2O3S. The van der Waals surface area contributed by atoms with Crippen LogP contribution in [0.4, 0.5) is 4.39 Å². The molecule has 1 fully saturated rings. The van der Waals surface area contributed by atoms with Gasteiger partial charge in [-0.05, 0) is 37.1 Å². The summed E-state index contributed by atoms with van der Waals surface area (Å²) in [4.78, 5) is 13.2. The van der Waals surface area contributed by atoms with Crippen LogP contribution < -0.4 is 4.72 Å². The Morgan fingerprint density at radius 3 is 2.55 bits per heavy atom. The van der Waals surface area contributed by atoms with Gasteiger partial charge in [-0.15, -0.1) is 0 Å². The highest BCUT2D eigenvalue weighted by atomic mass is 32.2. The van der Waals surface area contributed by atoms with Crippen molar-refractivity contribution in [2.24, 2.45) is 0 Å². The lowest BCUT2D eigenvalue weighted by Gasteiger charge is -2.26. The van der Waals surface area contributed by atoms with Crippen molar-refractivity contribution >= 4 is 15.9 Å². The minimum absolute atomic E-state index is 0.0175. The Balaban J connectivity index is 1.89. The van der Waals surface area contributed by atoms with Crippen LogP contribution in [0, 0.1) is 5.82 Å². The van der Waals surface area contributed by atoms with Gasteiger partial charge in [0.15, 0.2) is 0 Å². The summed E-state index contributed by atoms with van der Waals surface area (Å²) in [6.07, 6.45) is 2.39. The Bertz CT molecular complexity index is 572. The van der Waals surface area contributed by atoms with E-state index >= 15 is 0 Å². The fourth-order valence-corrected chi connectivity index (χ4v) is 3.13. The average Bonchev–Trinajstić information content (AvgIpc) is 2.41. The first-order valence-electron chi connectivity index (χ1n) is 6.52. The number of piperidine rings is 1. The second-order valence-electron chi connectivity index (χ2n) is 4.69. The molecule has 1 heterocycles. The highest BCUT2D eigenvalue weighted by Gasteiger charge is 2.19. The fraction of sp³-hybridized carbons (Fsp3) is 0.462. The van der Waals surface area contributed by atoms with E-state index in [1.165, 1.54) is 12.1 Å². The molecule has 20 heavy (non-hydrogen) atoms. The number of rotatable bonds is 5. The normalized spacial score (nSPS) is 16.4. The molecule has 5 nitrogen and oxygen atoms in total. The van der Waals surface area contributed by atoms with Gasteiger partial charge in [-0.1, -0.05) is 0 Å². The molecule has 7 heteroatoms. The lowest BCUT2D eigenvalue weighted by molar-refractivity contribution is -0.133. The zero-order valence-corrected chi connectivity index (χ0v) is 11.8. The minimum atomic E-state index is -3.65. The van der Waals surface area contributed by atoms with Crippen LogP contribution in [-0.4, -0.2) is 38.9 Å². The van der Waals surface area contributed by atoms with E-state index in [9.17, 15) is 17.6 Å². The van der Waals surface area contributed by atoms with Crippen molar-refractivity contribution in [1.82, 2.24) is 9.62 Å². The molecule has 0 unspecified atom stereocenters. The molecule has 0 saturated carbocycles. The number of hydrogen-bond acceptors (Lipinski definition) is 3. The molecule has 110 valence electrons. The summed E-state index contributed by atoms with van der Waals surface area (Å²) in [6, 6.07) is 4.62. The highest BCUT2D eigenvalue weighted by molar-refractivity contribution is 7.89. The lowest BCUT2D eigenvalue weighted by atomic mass is 10.1. The number of likely N-dealkylation sites (tertiary alicyclic amines) is 1. The van der Waals surface area contributed by atoms with Crippen molar-refractivity contribution in [2.45, 2.75) is 24.2 Å². The smallest absolute Gasteiger partial charge is 0.240 e. The van der Waals surface area contributed by atoms with Crippen LogP contribution in [0.5, 0.6) is 0 Å². The summed E-state index contributed by atoms with van der Waals surface area (Å²) in [5.41, 5.74) is 0. The van der Waals surface area contributed by atoms with Crippen LogP contribution in [0.25, 0.3) is 0 Å². The first-order chi connectivity index (χ1) is 9.49. The van der Waals surface area contributed by atoms with Crippen molar-refractivity contribution in [2.75, 3.05) is 19.6 Å². The maximum Gasteiger partial charge on any atom is 0.240 e. The number of benzene rings is 1. The Morgan fingerprint density at radius 2 is 1.90 bits per heavy atom. The zero-order valence-electron chi connectivity index (χ0n) is 11.0. The predicted octanol–water partition coefficient (Wildman–Crippen LogP) is 1.12. The van der Waals surface area contributed by atoms with Gasteiger partial charge in [0.25, 0.3) is 0 Å². The van der Waals surface area contributed by atoms with E-state index in [1.54, 1.807) is 4.90 Å². The Labute approximate surface area is 117 Å². The zero-order chi connectivity index (χ0) is 14.6. The molecule has 0 radical (unpaired) electrons. The second kappa shape index (κ2) is 6.32. The van der Waals surface area contributed by atoms with E-state index in [0.29, 0.717) is 19.5 Å². The molecule has 0 bridgehead atoms. The van der Waals surface area contributed by atoms with Crippen LogP contribution in [0.3, 0.4) is 0 Å². The molecule has 1 aliphatic heterocycles. The van der Waals surface area contributed by atoms with Crippen molar-refractivity contribution in [3.05, 3.63) is 30.1 Å². The number of halogens is 1. The van der Waals surface area contributed by atoms with Crippen molar-refractivity contribution in [3.63, 3.8) is 0 Å². The summed E-state index contributed by atoms with van der Waals surface area (Å²) in [7, 11) is -3.65. The Morgan fingerprint density at radius 1 is 1.20 bits per heavy atom. The number of carbonyl (C=O) groups excluding carboxylic acids is 1. The van der Waals surface area contributed by atoms with Crippen molar-refractivity contribution in [3.8, 4) is 0 Å². The van der Waals surface area contributed by atoms with E-state index < -0.39 is 15.8 Å². The summed E-state index contributed by atoms with van der Waals surface area (Å²) >= 11 is 0. The van der Waals surface area contributed by atoms with Gasteiger partial charge in [0.05, 0.1) is 4.90 Å². The predicted molar refractivity (Wildman–Crippen MR) is 72.0 cm³/mol. The van der Waals surface area contributed by atoms with Gasteiger partial charge in [0.2, 0.25) is 15.9 Å². The standard InChI is InChI=1S/C13H17FN2O3S/c14-11-4-6-12(7-5-11)20(18,19)15-8-10-16-9-2-1-3-13(16)17/h4-7,15H,1-3,8-10H2. The lowest BCUT2D eigenvalue weighted by Crippen LogP contribution is -2.41. The fourth-order valence-electron chi connectivity index (χ4n) is 2.11. The van der Waals surface area contributed by atoms with Gasteiger partial charge in [0, 0.05) is 26.1 Å². The van der Waals surface area contributed by atoms with E-state index in [4.69, 9.17) is 0 Å². The van der Waals surface area contributed by atoms with Crippen LogP contribution in [0.1, 0.15) is 19.3 Å². The molecule has 1 aromatic carbocycles. The molecule has 0 aromatic heterocycles. The van der Waals surface area contributed by atoms with Crippen molar-refractivity contribution < 1.29 is 17.6 Å². The van der Waals surface area contributed by atoms with Gasteiger partial charge >= 0.3 is 0 Å². The van der Waals surface area contributed by atoms with Crippen LogP contribution in [0.2, 0.25) is 0 Å². The number of sulfonamides is 1. The largest absolute Gasteiger partial charge is 0.341 e. The topological polar surface area (TPSA) is 66.5 Å². The van der Waals surface area contributed by atoms with E-state index in [1.807, 2.05) is 0 Å². The van der Waals surface area contributed by atoms with Crippen LogP contribution in [0.15, 0.2) is 29.2 Å². The molecule has 0 aliphatic carbocycles. The van der Waals surface area contributed by atoms with Gasteiger partial charge in [0.1, 0.15) is 5.82 Å².